The second kappa shape index (κ2) is 6.13. The number of nitrogens with one attached hydrogen (secondary N) is 2. The zero-order chi connectivity index (χ0) is 15.5. The molecular weight excluding hydrogens is 287 g/mol. The maximum atomic E-state index is 13.6. The first-order chi connectivity index (χ1) is 9.81. The maximum absolute atomic E-state index is 13.6. The molecule has 1 aromatic heterocycles. The summed E-state index contributed by atoms with van der Waals surface area (Å²) in [5.74, 6) is 0. The highest BCUT2D eigenvalue weighted by atomic mass is 32.2. The first-order valence-electron chi connectivity index (χ1n) is 6.96. The molecule has 0 aliphatic heterocycles. The van der Waals surface area contributed by atoms with Gasteiger partial charge in [0.05, 0.1) is 23.8 Å². The lowest BCUT2D eigenvalue weighted by molar-refractivity contribution is 0.326. The Hall–Kier alpha value is -1.43. The second-order valence-electron chi connectivity index (χ2n) is 6.28. The van der Waals surface area contributed by atoms with E-state index in [1.807, 2.05) is 0 Å². The quantitative estimate of drug-likeness (QED) is 0.619. The summed E-state index contributed by atoms with van der Waals surface area (Å²) < 4.78 is 18.0. The summed E-state index contributed by atoms with van der Waals surface area (Å²) >= 11 is 1.48. The lowest BCUT2D eigenvalue weighted by atomic mass is 10.2. The van der Waals surface area contributed by atoms with Gasteiger partial charge in [-0.25, -0.2) is 8.79 Å². The van der Waals surface area contributed by atoms with Crippen LogP contribution in [0.25, 0.3) is 0 Å². The number of anilines is 1. The zero-order valence-corrected chi connectivity index (χ0v) is 13.4. The summed E-state index contributed by atoms with van der Waals surface area (Å²) in [6.07, 6.45) is 5.79. The summed E-state index contributed by atoms with van der Waals surface area (Å²) in [4.78, 5) is 4.28. The third-order valence-corrected chi connectivity index (χ3v) is 3.77. The average molecular weight is 308 g/mol. The minimum Gasteiger partial charge on any atom is -0.380 e. The molecule has 0 amide bonds. The number of hydrogen-bond donors (Lipinski definition) is 2. The highest BCUT2D eigenvalue weighted by Gasteiger charge is 2.42. The van der Waals surface area contributed by atoms with E-state index in [-0.39, 0.29) is 11.3 Å². The molecule has 6 heteroatoms. The van der Waals surface area contributed by atoms with Gasteiger partial charge in [0.2, 0.25) is 0 Å². The van der Waals surface area contributed by atoms with Crippen LogP contribution in [0.3, 0.4) is 0 Å². The summed E-state index contributed by atoms with van der Waals surface area (Å²) in [6, 6.07) is 1.78. The fraction of sp³-hybridized carbons (Fsp3) is 0.533. The molecule has 1 aromatic rings. The van der Waals surface area contributed by atoms with E-state index >= 15 is 0 Å². The number of nitrogens with zero attached hydrogens (tertiary/aromatic N) is 2. The van der Waals surface area contributed by atoms with Gasteiger partial charge in [0, 0.05) is 23.1 Å². The standard InChI is InChI=1S/C15H21FN4S/c1-14(2,3)21-20-8-12-6-11(7-17)13(9-18-12)19-10-15(16)4-5-15/h6-9,17,19H,4-5,10H2,1-3H3/b17-7?,20-8+. The van der Waals surface area contributed by atoms with Gasteiger partial charge in [0.25, 0.3) is 0 Å². The van der Waals surface area contributed by atoms with E-state index in [0.717, 1.165) is 0 Å². The van der Waals surface area contributed by atoms with E-state index in [1.165, 1.54) is 18.2 Å². The van der Waals surface area contributed by atoms with Crippen molar-refractivity contribution in [3.05, 3.63) is 23.5 Å². The van der Waals surface area contributed by atoms with Crippen molar-refractivity contribution in [3.63, 3.8) is 0 Å². The molecule has 0 radical (unpaired) electrons. The lowest BCUT2D eigenvalue weighted by Crippen LogP contribution is -2.17. The van der Waals surface area contributed by atoms with Crippen molar-refractivity contribution in [2.45, 2.75) is 44.0 Å². The third kappa shape index (κ3) is 5.12. The zero-order valence-electron chi connectivity index (χ0n) is 12.6. The molecule has 1 fully saturated rings. The molecule has 0 unspecified atom stereocenters. The van der Waals surface area contributed by atoms with Crippen molar-refractivity contribution in [1.29, 1.82) is 5.41 Å². The van der Waals surface area contributed by atoms with Crippen LogP contribution in [0.15, 0.2) is 16.7 Å². The topological polar surface area (TPSA) is 61.1 Å². The van der Waals surface area contributed by atoms with E-state index < -0.39 is 5.67 Å². The fourth-order valence-corrected chi connectivity index (χ4v) is 2.11. The summed E-state index contributed by atoms with van der Waals surface area (Å²) in [5.41, 5.74) is 1.01. The Morgan fingerprint density at radius 2 is 2.24 bits per heavy atom. The first-order valence-corrected chi connectivity index (χ1v) is 7.74. The molecule has 114 valence electrons. The monoisotopic (exact) mass is 308 g/mol. The molecule has 2 rings (SSSR count). The minimum absolute atomic E-state index is 0.0576. The summed E-state index contributed by atoms with van der Waals surface area (Å²) in [5, 5.41) is 10.5. The minimum atomic E-state index is -1.07. The van der Waals surface area contributed by atoms with Gasteiger partial charge >= 0.3 is 0 Å². The molecule has 1 saturated carbocycles. The van der Waals surface area contributed by atoms with E-state index in [1.54, 1.807) is 18.5 Å². The van der Waals surface area contributed by atoms with Crippen LogP contribution in [-0.4, -0.2) is 34.4 Å². The number of hydrogen-bond acceptors (Lipinski definition) is 5. The summed E-state index contributed by atoms with van der Waals surface area (Å²) in [6.45, 7) is 6.54. The van der Waals surface area contributed by atoms with Crippen LogP contribution in [0.2, 0.25) is 0 Å². The Kier molecular flexibility index (Phi) is 4.66. The van der Waals surface area contributed by atoms with Crippen molar-refractivity contribution in [2.75, 3.05) is 11.9 Å². The van der Waals surface area contributed by atoms with Crippen LogP contribution >= 0.6 is 11.9 Å². The highest BCUT2D eigenvalue weighted by Crippen LogP contribution is 2.39. The molecule has 0 bridgehead atoms. The molecule has 4 nitrogen and oxygen atoms in total. The predicted molar refractivity (Wildman–Crippen MR) is 88.6 cm³/mol. The fourth-order valence-electron chi connectivity index (χ4n) is 1.63. The maximum Gasteiger partial charge on any atom is 0.128 e. The van der Waals surface area contributed by atoms with Gasteiger partial charge in [-0.1, -0.05) is 0 Å². The Morgan fingerprint density at radius 3 is 2.81 bits per heavy atom. The molecule has 0 saturated heterocycles. The Labute approximate surface area is 129 Å². The van der Waals surface area contributed by atoms with Gasteiger partial charge in [-0.15, -0.1) is 0 Å². The Bertz CT molecular complexity index is 547. The number of aromatic nitrogens is 1. The van der Waals surface area contributed by atoms with Gasteiger partial charge in [-0.2, -0.15) is 0 Å². The van der Waals surface area contributed by atoms with Crippen LogP contribution in [0.5, 0.6) is 0 Å². The second-order valence-corrected chi connectivity index (χ2v) is 7.90. The molecule has 1 heterocycles. The largest absolute Gasteiger partial charge is 0.380 e. The van der Waals surface area contributed by atoms with Crippen molar-refractivity contribution < 1.29 is 4.39 Å². The normalized spacial score (nSPS) is 17.0. The molecule has 21 heavy (non-hydrogen) atoms. The van der Waals surface area contributed by atoms with Crippen LogP contribution in [0, 0.1) is 5.41 Å². The Morgan fingerprint density at radius 1 is 1.52 bits per heavy atom. The van der Waals surface area contributed by atoms with Crippen molar-refractivity contribution >= 4 is 30.1 Å². The van der Waals surface area contributed by atoms with Crippen molar-refractivity contribution in [2.24, 2.45) is 4.40 Å². The van der Waals surface area contributed by atoms with E-state index in [4.69, 9.17) is 5.41 Å². The van der Waals surface area contributed by atoms with Gasteiger partial charge in [-0.05, 0) is 51.6 Å². The molecule has 1 aliphatic rings. The molecule has 1 aliphatic carbocycles. The van der Waals surface area contributed by atoms with Gasteiger partial charge in [0.1, 0.15) is 5.67 Å². The first kappa shape index (κ1) is 15.9. The van der Waals surface area contributed by atoms with Crippen LogP contribution in [0.1, 0.15) is 44.9 Å². The molecule has 0 spiro atoms. The van der Waals surface area contributed by atoms with E-state index in [9.17, 15) is 4.39 Å². The smallest absolute Gasteiger partial charge is 0.128 e. The molecule has 2 N–H and O–H groups in total. The number of halogens is 1. The number of pyridine rings is 1. The van der Waals surface area contributed by atoms with E-state index in [0.29, 0.717) is 29.8 Å². The third-order valence-electron chi connectivity index (χ3n) is 3.01. The number of alkyl halides is 1. The molecular formula is C15H21FN4S. The number of rotatable bonds is 6. The van der Waals surface area contributed by atoms with Gasteiger partial charge < -0.3 is 10.7 Å². The van der Waals surface area contributed by atoms with Gasteiger partial charge in [-0.3, -0.25) is 4.98 Å². The van der Waals surface area contributed by atoms with E-state index in [2.05, 4.69) is 35.5 Å². The Balaban J connectivity index is 2.03. The highest BCUT2D eigenvalue weighted by molar-refractivity contribution is 7.99. The predicted octanol–water partition coefficient (Wildman–Crippen LogP) is 3.86. The average Bonchev–Trinajstić information content (AvgIpc) is 3.14. The SMILES string of the molecule is CC(C)(C)S/N=C/c1cc(C=N)c(NCC2(F)CC2)cn1. The lowest BCUT2D eigenvalue weighted by Gasteiger charge is -2.12. The summed E-state index contributed by atoms with van der Waals surface area (Å²) in [7, 11) is 0. The van der Waals surface area contributed by atoms with Crippen LogP contribution in [-0.2, 0) is 0 Å². The van der Waals surface area contributed by atoms with Crippen LogP contribution < -0.4 is 5.32 Å². The molecule has 0 aromatic carbocycles. The molecule has 0 atom stereocenters. The van der Waals surface area contributed by atoms with Crippen molar-refractivity contribution in [3.8, 4) is 0 Å². The van der Waals surface area contributed by atoms with Gasteiger partial charge in [0.15, 0.2) is 0 Å². The van der Waals surface area contributed by atoms with Crippen molar-refractivity contribution in [1.82, 2.24) is 4.98 Å². The van der Waals surface area contributed by atoms with Crippen LogP contribution in [0.4, 0.5) is 10.1 Å².